The summed E-state index contributed by atoms with van der Waals surface area (Å²) in [6.45, 7) is 3.85. The van der Waals surface area contributed by atoms with Crippen LogP contribution in [0, 0.1) is 6.92 Å². The second-order valence-corrected chi connectivity index (χ2v) is 4.36. The molecule has 1 N–H and O–H groups in total. The van der Waals surface area contributed by atoms with Gasteiger partial charge in [0.15, 0.2) is 0 Å². The highest BCUT2D eigenvalue weighted by Crippen LogP contribution is 2.15. The second kappa shape index (κ2) is 5.60. The van der Waals surface area contributed by atoms with Crippen molar-refractivity contribution in [2.45, 2.75) is 26.3 Å². The molecule has 0 bridgehead atoms. The number of nitrogens with zero attached hydrogens (tertiary/aromatic N) is 4. The monoisotopic (exact) mass is 259 g/mol. The van der Waals surface area contributed by atoms with Crippen LogP contribution in [-0.4, -0.2) is 25.7 Å². The highest BCUT2D eigenvalue weighted by atomic mass is 16.1. The van der Waals surface area contributed by atoms with Crippen LogP contribution < -0.4 is 5.32 Å². The Morgan fingerprint density at radius 2 is 2.21 bits per heavy atom. The normalized spacial score (nSPS) is 12.2. The summed E-state index contributed by atoms with van der Waals surface area (Å²) in [5.41, 5.74) is 2.08. The zero-order valence-electron chi connectivity index (χ0n) is 11.3. The summed E-state index contributed by atoms with van der Waals surface area (Å²) >= 11 is 0. The van der Waals surface area contributed by atoms with Gasteiger partial charge in [0.2, 0.25) is 0 Å². The van der Waals surface area contributed by atoms with Gasteiger partial charge in [0, 0.05) is 19.4 Å². The smallest absolute Gasteiger partial charge is 0.272 e. The minimum absolute atomic E-state index is 0.0805. The predicted molar refractivity (Wildman–Crippen MR) is 70.5 cm³/mol. The largest absolute Gasteiger partial charge is 0.342 e. The van der Waals surface area contributed by atoms with E-state index in [1.54, 1.807) is 17.1 Å². The van der Waals surface area contributed by atoms with Crippen molar-refractivity contribution < 1.29 is 4.79 Å². The second-order valence-electron chi connectivity index (χ2n) is 4.36. The van der Waals surface area contributed by atoms with Crippen molar-refractivity contribution in [3.8, 4) is 0 Å². The molecule has 0 aliphatic rings. The van der Waals surface area contributed by atoms with Gasteiger partial charge in [-0.2, -0.15) is 5.10 Å². The molecule has 2 rings (SSSR count). The van der Waals surface area contributed by atoms with E-state index in [2.05, 4.69) is 20.4 Å². The van der Waals surface area contributed by atoms with Gasteiger partial charge in [0.1, 0.15) is 5.69 Å². The van der Waals surface area contributed by atoms with Gasteiger partial charge in [0.05, 0.1) is 23.6 Å². The van der Waals surface area contributed by atoms with Crippen LogP contribution in [0.5, 0.6) is 0 Å². The van der Waals surface area contributed by atoms with Crippen LogP contribution >= 0.6 is 0 Å². The molecule has 19 heavy (non-hydrogen) atoms. The molecule has 1 atom stereocenters. The summed E-state index contributed by atoms with van der Waals surface area (Å²) in [7, 11) is 1.86. The van der Waals surface area contributed by atoms with E-state index in [-0.39, 0.29) is 11.9 Å². The standard InChI is InChI=1S/C13H17N5O/c1-4-10(12-5-6-16-18(12)3)17-13(19)11-8-14-9(2)7-15-11/h5-8,10H,4H2,1-3H3,(H,17,19). The van der Waals surface area contributed by atoms with E-state index in [0.29, 0.717) is 5.69 Å². The van der Waals surface area contributed by atoms with E-state index < -0.39 is 0 Å². The van der Waals surface area contributed by atoms with Crippen molar-refractivity contribution in [2.75, 3.05) is 0 Å². The number of amides is 1. The molecule has 6 nitrogen and oxygen atoms in total. The quantitative estimate of drug-likeness (QED) is 0.900. The van der Waals surface area contributed by atoms with Crippen molar-refractivity contribution in [3.05, 3.63) is 41.7 Å². The molecule has 6 heteroatoms. The van der Waals surface area contributed by atoms with Crippen molar-refractivity contribution in [2.24, 2.45) is 7.05 Å². The Balaban J connectivity index is 2.13. The van der Waals surface area contributed by atoms with Gasteiger partial charge in [-0.1, -0.05) is 6.92 Å². The molecular formula is C13H17N5O. The first-order valence-electron chi connectivity index (χ1n) is 6.19. The number of rotatable bonds is 4. The number of nitrogens with one attached hydrogen (secondary N) is 1. The van der Waals surface area contributed by atoms with Crippen LogP contribution in [0.4, 0.5) is 0 Å². The lowest BCUT2D eigenvalue weighted by atomic mass is 10.1. The van der Waals surface area contributed by atoms with E-state index in [1.807, 2.05) is 27.0 Å². The minimum Gasteiger partial charge on any atom is -0.342 e. The molecule has 0 aromatic carbocycles. The third-order valence-corrected chi connectivity index (χ3v) is 2.94. The first-order chi connectivity index (χ1) is 9.11. The molecule has 2 aromatic heterocycles. The van der Waals surface area contributed by atoms with Crippen LogP contribution in [-0.2, 0) is 7.05 Å². The van der Waals surface area contributed by atoms with E-state index in [9.17, 15) is 4.79 Å². The number of hydrogen-bond acceptors (Lipinski definition) is 4. The van der Waals surface area contributed by atoms with Crippen molar-refractivity contribution in [1.82, 2.24) is 25.1 Å². The molecule has 1 amide bonds. The summed E-state index contributed by atoms with van der Waals surface area (Å²) in [4.78, 5) is 20.2. The highest BCUT2D eigenvalue weighted by molar-refractivity contribution is 5.92. The summed E-state index contributed by atoms with van der Waals surface area (Å²) in [6.07, 6.45) is 5.57. The summed E-state index contributed by atoms with van der Waals surface area (Å²) < 4.78 is 1.76. The molecule has 2 heterocycles. The van der Waals surface area contributed by atoms with Gasteiger partial charge < -0.3 is 5.32 Å². The summed E-state index contributed by atoms with van der Waals surface area (Å²) in [5, 5.41) is 7.06. The molecular weight excluding hydrogens is 242 g/mol. The van der Waals surface area contributed by atoms with Crippen LogP contribution in [0.2, 0.25) is 0 Å². The predicted octanol–water partition coefficient (Wildman–Crippen LogP) is 1.40. The zero-order chi connectivity index (χ0) is 13.8. The minimum atomic E-state index is -0.222. The van der Waals surface area contributed by atoms with E-state index >= 15 is 0 Å². The lowest BCUT2D eigenvalue weighted by Gasteiger charge is -2.16. The molecule has 0 radical (unpaired) electrons. The Morgan fingerprint density at radius 3 is 2.74 bits per heavy atom. The average molecular weight is 259 g/mol. The first kappa shape index (κ1) is 13.2. The molecule has 0 saturated heterocycles. The molecule has 0 aliphatic heterocycles. The Morgan fingerprint density at radius 1 is 1.42 bits per heavy atom. The lowest BCUT2D eigenvalue weighted by molar-refractivity contribution is 0.0928. The lowest BCUT2D eigenvalue weighted by Crippen LogP contribution is -2.30. The van der Waals surface area contributed by atoms with Gasteiger partial charge in [-0.3, -0.25) is 14.5 Å². The molecule has 1 unspecified atom stereocenters. The van der Waals surface area contributed by atoms with Crippen LogP contribution in [0.3, 0.4) is 0 Å². The third kappa shape index (κ3) is 2.96. The van der Waals surface area contributed by atoms with Gasteiger partial charge in [0.25, 0.3) is 5.91 Å². The fraction of sp³-hybridized carbons (Fsp3) is 0.385. The summed E-state index contributed by atoms with van der Waals surface area (Å²) in [6, 6.07) is 1.82. The first-order valence-corrected chi connectivity index (χ1v) is 6.19. The van der Waals surface area contributed by atoms with Crippen molar-refractivity contribution >= 4 is 5.91 Å². The maximum Gasteiger partial charge on any atom is 0.272 e. The third-order valence-electron chi connectivity index (χ3n) is 2.94. The highest BCUT2D eigenvalue weighted by Gasteiger charge is 2.17. The Hall–Kier alpha value is -2.24. The number of aromatic nitrogens is 4. The zero-order valence-corrected chi connectivity index (χ0v) is 11.3. The SMILES string of the molecule is CCC(NC(=O)c1cnc(C)cn1)c1ccnn1C. The van der Waals surface area contributed by atoms with E-state index in [4.69, 9.17) is 0 Å². The van der Waals surface area contributed by atoms with Gasteiger partial charge in [-0.25, -0.2) is 4.98 Å². The number of carbonyl (C=O) groups is 1. The maximum atomic E-state index is 12.1. The molecule has 0 fully saturated rings. The van der Waals surface area contributed by atoms with Crippen LogP contribution in [0.15, 0.2) is 24.7 Å². The Kier molecular flexibility index (Phi) is 3.89. The van der Waals surface area contributed by atoms with Gasteiger partial charge in [-0.15, -0.1) is 0 Å². The molecule has 0 saturated carbocycles. The molecule has 2 aromatic rings. The Labute approximate surface area is 111 Å². The number of hydrogen-bond donors (Lipinski definition) is 1. The number of carbonyl (C=O) groups excluding carboxylic acids is 1. The fourth-order valence-electron chi connectivity index (χ4n) is 1.85. The van der Waals surface area contributed by atoms with Crippen molar-refractivity contribution in [3.63, 3.8) is 0 Å². The van der Waals surface area contributed by atoms with Gasteiger partial charge >= 0.3 is 0 Å². The Bertz CT molecular complexity index is 561. The molecule has 100 valence electrons. The fourth-order valence-corrected chi connectivity index (χ4v) is 1.85. The van der Waals surface area contributed by atoms with Crippen molar-refractivity contribution in [1.29, 1.82) is 0 Å². The average Bonchev–Trinajstić information content (AvgIpc) is 2.83. The van der Waals surface area contributed by atoms with Gasteiger partial charge in [-0.05, 0) is 19.4 Å². The maximum absolute atomic E-state index is 12.1. The molecule has 0 aliphatic carbocycles. The van der Waals surface area contributed by atoms with Crippen LogP contribution in [0.1, 0.15) is 41.3 Å². The van der Waals surface area contributed by atoms with Crippen LogP contribution in [0.25, 0.3) is 0 Å². The molecule has 0 spiro atoms. The van der Waals surface area contributed by atoms with E-state index in [0.717, 1.165) is 17.8 Å². The number of aryl methyl sites for hydroxylation is 2. The topological polar surface area (TPSA) is 72.7 Å². The van der Waals surface area contributed by atoms with E-state index in [1.165, 1.54) is 6.20 Å². The summed E-state index contributed by atoms with van der Waals surface area (Å²) in [5.74, 6) is -0.222.